The summed E-state index contributed by atoms with van der Waals surface area (Å²) in [6.07, 6.45) is 11.9. The molecule has 1 aromatic rings. The van der Waals surface area contributed by atoms with Gasteiger partial charge >= 0.3 is 0 Å². The zero-order valence-corrected chi connectivity index (χ0v) is 8.92. The van der Waals surface area contributed by atoms with Crippen molar-refractivity contribution in [2.75, 3.05) is 0 Å². The summed E-state index contributed by atoms with van der Waals surface area (Å²) < 4.78 is 2.00. The number of rotatable bonds is 0. The quantitative estimate of drug-likeness (QED) is 0.615. The molecule has 0 N–H and O–H groups in total. The maximum Gasteiger partial charge on any atom is 0.0718 e. The summed E-state index contributed by atoms with van der Waals surface area (Å²) >= 11 is 0. The van der Waals surface area contributed by atoms with E-state index in [1.807, 2.05) is 4.68 Å². The first-order chi connectivity index (χ1) is 6.80. The fourth-order valence-corrected chi connectivity index (χ4v) is 3.37. The minimum Gasteiger partial charge on any atom is -0.275 e. The number of aryl methyl sites for hydroxylation is 2. The molecule has 0 unspecified atom stereocenters. The average Bonchev–Trinajstić information content (AvgIpc) is 2.70. The smallest absolute Gasteiger partial charge is 0.0718 e. The van der Waals surface area contributed by atoms with Crippen LogP contribution < -0.4 is 0 Å². The second-order valence-electron chi connectivity index (χ2n) is 5.02. The molecule has 2 aliphatic rings. The lowest BCUT2D eigenvalue weighted by molar-refractivity contribution is 0.283. The van der Waals surface area contributed by atoms with Gasteiger partial charge in [0, 0.05) is 18.7 Å². The molecule has 0 atom stereocenters. The Bertz CT molecular complexity index is 345. The highest BCUT2D eigenvalue weighted by atomic mass is 15.3. The highest BCUT2D eigenvalue weighted by Crippen LogP contribution is 2.47. The van der Waals surface area contributed by atoms with Crippen molar-refractivity contribution in [3.63, 3.8) is 0 Å². The fourth-order valence-electron chi connectivity index (χ4n) is 3.37. The molecule has 14 heavy (non-hydrogen) atoms. The molecule has 0 aliphatic heterocycles. The molecule has 1 aromatic heterocycles. The van der Waals surface area contributed by atoms with E-state index in [2.05, 4.69) is 18.3 Å². The predicted octanol–water partition coefficient (Wildman–Crippen LogP) is 2.57. The van der Waals surface area contributed by atoms with Crippen molar-refractivity contribution in [1.29, 1.82) is 0 Å². The summed E-state index contributed by atoms with van der Waals surface area (Å²) in [6.45, 7) is 0. The van der Waals surface area contributed by atoms with Crippen molar-refractivity contribution in [3.8, 4) is 0 Å². The van der Waals surface area contributed by atoms with E-state index in [0.717, 1.165) is 0 Å². The first-order valence-corrected chi connectivity index (χ1v) is 5.83. The van der Waals surface area contributed by atoms with Crippen LogP contribution >= 0.6 is 0 Å². The number of fused-ring (bicyclic) bond motifs is 2. The Hall–Kier alpha value is -0.790. The standard InChI is InChI=1S/C12H18N2/c1-14-9-10-5-8-12(11(10)13-14)6-3-2-4-7-12/h9H,2-8H2,1H3. The van der Waals surface area contributed by atoms with Crippen molar-refractivity contribution >= 4 is 0 Å². The van der Waals surface area contributed by atoms with E-state index in [1.165, 1.54) is 56.2 Å². The summed E-state index contributed by atoms with van der Waals surface area (Å²) in [5.41, 5.74) is 3.46. The molecule has 1 fully saturated rings. The molecule has 0 amide bonds. The minimum atomic E-state index is 0.495. The van der Waals surface area contributed by atoms with Gasteiger partial charge in [0.2, 0.25) is 0 Å². The summed E-state index contributed by atoms with van der Waals surface area (Å²) in [4.78, 5) is 0. The molecule has 1 spiro atoms. The van der Waals surface area contributed by atoms with Gasteiger partial charge in [-0.3, -0.25) is 4.68 Å². The molecule has 0 saturated heterocycles. The minimum absolute atomic E-state index is 0.495. The van der Waals surface area contributed by atoms with Crippen molar-refractivity contribution < 1.29 is 0 Å². The molecule has 2 aliphatic carbocycles. The largest absolute Gasteiger partial charge is 0.275 e. The van der Waals surface area contributed by atoms with Gasteiger partial charge in [-0.25, -0.2) is 0 Å². The van der Waals surface area contributed by atoms with Crippen LogP contribution in [0.1, 0.15) is 49.8 Å². The Morgan fingerprint density at radius 1 is 1.21 bits per heavy atom. The van der Waals surface area contributed by atoms with Crippen LogP contribution in [0.4, 0.5) is 0 Å². The Morgan fingerprint density at radius 2 is 2.00 bits per heavy atom. The molecule has 0 aromatic carbocycles. The van der Waals surface area contributed by atoms with Gasteiger partial charge in [-0.05, 0) is 31.2 Å². The molecular formula is C12H18N2. The molecule has 2 nitrogen and oxygen atoms in total. The van der Waals surface area contributed by atoms with Gasteiger partial charge in [0.05, 0.1) is 5.69 Å². The number of hydrogen-bond donors (Lipinski definition) is 0. The maximum absolute atomic E-state index is 4.68. The molecule has 0 radical (unpaired) electrons. The van der Waals surface area contributed by atoms with Crippen molar-refractivity contribution in [2.24, 2.45) is 7.05 Å². The van der Waals surface area contributed by atoms with Gasteiger partial charge in [0.1, 0.15) is 0 Å². The fraction of sp³-hybridized carbons (Fsp3) is 0.750. The van der Waals surface area contributed by atoms with Crippen molar-refractivity contribution in [1.82, 2.24) is 9.78 Å². The lowest BCUT2D eigenvalue weighted by atomic mass is 9.72. The van der Waals surface area contributed by atoms with Crippen LogP contribution in [-0.2, 0) is 18.9 Å². The SMILES string of the molecule is Cn1cc2c(n1)C1(CCCCC1)CC2. The lowest BCUT2D eigenvalue weighted by Gasteiger charge is -2.32. The number of aromatic nitrogens is 2. The van der Waals surface area contributed by atoms with E-state index in [-0.39, 0.29) is 0 Å². The monoisotopic (exact) mass is 190 g/mol. The first-order valence-electron chi connectivity index (χ1n) is 5.83. The molecular weight excluding hydrogens is 172 g/mol. The second-order valence-corrected chi connectivity index (χ2v) is 5.02. The summed E-state index contributed by atoms with van der Waals surface area (Å²) in [5, 5.41) is 4.68. The molecule has 0 bridgehead atoms. The number of nitrogens with zero attached hydrogens (tertiary/aromatic N) is 2. The van der Waals surface area contributed by atoms with Crippen LogP contribution in [0.25, 0.3) is 0 Å². The summed E-state index contributed by atoms with van der Waals surface area (Å²) in [7, 11) is 2.05. The number of hydrogen-bond acceptors (Lipinski definition) is 1. The van der Waals surface area contributed by atoms with Crippen LogP contribution in [-0.4, -0.2) is 9.78 Å². The molecule has 1 heterocycles. The molecule has 1 saturated carbocycles. The summed E-state index contributed by atoms with van der Waals surface area (Å²) in [5.74, 6) is 0. The van der Waals surface area contributed by atoms with Crippen molar-refractivity contribution in [3.05, 3.63) is 17.5 Å². The van der Waals surface area contributed by atoms with Crippen LogP contribution in [0.15, 0.2) is 6.20 Å². The van der Waals surface area contributed by atoms with Gasteiger partial charge in [-0.1, -0.05) is 19.3 Å². The van der Waals surface area contributed by atoms with E-state index in [9.17, 15) is 0 Å². The molecule has 3 rings (SSSR count). The van der Waals surface area contributed by atoms with Crippen molar-refractivity contribution in [2.45, 2.75) is 50.4 Å². The van der Waals surface area contributed by atoms with E-state index >= 15 is 0 Å². The second kappa shape index (κ2) is 2.85. The van der Waals surface area contributed by atoms with Gasteiger partial charge in [-0.15, -0.1) is 0 Å². The highest BCUT2D eigenvalue weighted by molar-refractivity contribution is 5.32. The molecule has 76 valence electrons. The summed E-state index contributed by atoms with van der Waals surface area (Å²) in [6, 6.07) is 0. The van der Waals surface area contributed by atoms with Crippen LogP contribution in [0.5, 0.6) is 0 Å². The van der Waals surface area contributed by atoms with Crippen LogP contribution in [0, 0.1) is 0 Å². The van der Waals surface area contributed by atoms with Crippen LogP contribution in [0.3, 0.4) is 0 Å². The zero-order chi connectivity index (χ0) is 9.60. The van der Waals surface area contributed by atoms with Gasteiger partial charge in [0.15, 0.2) is 0 Å². The zero-order valence-electron chi connectivity index (χ0n) is 8.92. The third-order valence-corrected chi connectivity index (χ3v) is 4.09. The van der Waals surface area contributed by atoms with E-state index < -0.39 is 0 Å². The van der Waals surface area contributed by atoms with E-state index in [1.54, 1.807) is 0 Å². The third kappa shape index (κ3) is 1.06. The van der Waals surface area contributed by atoms with E-state index in [4.69, 9.17) is 0 Å². The molecule has 2 heteroatoms. The third-order valence-electron chi connectivity index (χ3n) is 4.09. The predicted molar refractivity (Wildman–Crippen MR) is 56.3 cm³/mol. The van der Waals surface area contributed by atoms with Crippen LogP contribution in [0.2, 0.25) is 0 Å². The van der Waals surface area contributed by atoms with Gasteiger partial charge < -0.3 is 0 Å². The topological polar surface area (TPSA) is 17.8 Å². The normalized spacial score (nSPS) is 24.1. The van der Waals surface area contributed by atoms with Gasteiger partial charge in [0.25, 0.3) is 0 Å². The average molecular weight is 190 g/mol. The van der Waals surface area contributed by atoms with Gasteiger partial charge in [-0.2, -0.15) is 5.10 Å². The first kappa shape index (κ1) is 8.51. The Morgan fingerprint density at radius 3 is 2.79 bits per heavy atom. The Labute approximate surface area is 85.3 Å². The Balaban J connectivity index is 2.01. The van der Waals surface area contributed by atoms with E-state index in [0.29, 0.717) is 5.41 Å². The highest BCUT2D eigenvalue weighted by Gasteiger charge is 2.41. The Kier molecular flexibility index (Phi) is 1.73. The maximum atomic E-state index is 4.68. The lowest BCUT2D eigenvalue weighted by Crippen LogP contribution is -2.27.